The summed E-state index contributed by atoms with van der Waals surface area (Å²) >= 11 is 0. The number of rotatable bonds is 4. The predicted octanol–water partition coefficient (Wildman–Crippen LogP) is 4.00. The molecule has 1 heterocycles. The van der Waals surface area contributed by atoms with Crippen molar-refractivity contribution in [2.45, 2.75) is 64.3 Å². The second-order valence-electron chi connectivity index (χ2n) is 5.54. The maximum atomic E-state index is 2.74. The van der Waals surface area contributed by atoms with E-state index >= 15 is 0 Å². The van der Waals surface area contributed by atoms with E-state index < -0.39 is 0 Å². The quantitative estimate of drug-likeness (QED) is 0.649. The average molecular weight is 221 g/mol. The Bertz CT molecular complexity index is 215. The number of hydrogen-bond donors (Lipinski definition) is 0. The molecule has 1 saturated heterocycles. The van der Waals surface area contributed by atoms with Crippen molar-refractivity contribution in [3.8, 4) is 0 Å². The molecule has 1 aliphatic carbocycles. The van der Waals surface area contributed by atoms with Crippen LogP contribution in [0.25, 0.3) is 0 Å². The Labute approximate surface area is 101 Å². The molecular weight excluding hydrogens is 194 g/mol. The van der Waals surface area contributed by atoms with E-state index in [4.69, 9.17) is 0 Å². The highest BCUT2D eigenvalue weighted by Gasteiger charge is 2.25. The third-order valence-corrected chi connectivity index (χ3v) is 4.23. The molecule has 16 heavy (non-hydrogen) atoms. The number of hydrogen-bond acceptors (Lipinski definition) is 1. The van der Waals surface area contributed by atoms with E-state index in [1.54, 1.807) is 0 Å². The summed E-state index contributed by atoms with van der Waals surface area (Å²) in [6.45, 7) is 4.95. The van der Waals surface area contributed by atoms with Gasteiger partial charge in [0.2, 0.25) is 0 Å². The summed E-state index contributed by atoms with van der Waals surface area (Å²) in [5.74, 6) is 1.00. The van der Waals surface area contributed by atoms with Gasteiger partial charge in [-0.3, -0.25) is 4.90 Å². The van der Waals surface area contributed by atoms with Crippen LogP contribution in [0.1, 0.15) is 58.3 Å². The van der Waals surface area contributed by atoms with E-state index in [-0.39, 0.29) is 0 Å². The largest absolute Gasteiger partial charge is 0.297 e. The smallest absolute Gasteiger partial charge is 0.0278 e. The van der Waals surface area contributed by atoms with Crippen LogP contribution < -0.4 is 0 Å². The lowest BCUT2D eigenvalue weighted by Gasteiger charge is -2.29. The van der Waals surface area contributed by atoms with Crippen molar-refractivity contribution in [1.29, 1.82) is 0 Å². The van der Waals surface area contributed by atoms with Crippen molar-refractivity contribution >= 4 is 0 Å². The summed E-state index contributed by atoms with van der Waals surface area (Å²) < 4.78 is 0. The zero-order chi connectivity index (χ0) is 11.2. The number of nitrogens with zero attached hydrogens (tertiary/aromatic N) is 1. The standard InChI is InChI=1S/C15H27N/c1-2-3-10-15-11-7-12-16(15)13-14-8-5-4-6-9-14/h3,10,14-15H,2,4-9,11-13H2,1H3/b10-3+. The molecule has 0 amide bonds. The molecule has 1 nitrogen and oxygen atoms in total. The van der Waals surface area contributed by atoms with E-state index in [0.717, 1.165) is 12.0 Å². The minimum absolute atomic E-state index is 0.766. The van der Waals surface area contributed by atoms with Crippen LogP contribution in [-0.4, -0.2) is 24.0 Å². The van der Waals surface area contributed by atoms with Gasteiger partial charge in [-0.1, -0.05) is 38.3 Å². The summed E-state index contributed by atoms with van der Waals surface area (Å²) in [6, 6.07) is 0.766. The number of allylic oxidation sites excluding steroid dienone is 1. The molecule has 1 atom stereocenters. The van der Waals surface area contributed by atoms with Crippen LogP contribution in [0.5, 0.6) is 0 Å². The maximum absolute atomic E-state index is 2.74. The Morgan fingerprint density at radius 1 is 1.06 bits per heavy atom. The van der Waals surface area contributed by atoms with Crippen LogP contribution in [-0.2, 0) is 0 Å². The highest BCUT2D eigenvalue weighted by Crippen LogP contribution is 2.27. The monoisotopic (exact) mass is 221 g/mol. The Hall–Kier alpha value is -0.300. The minimum atomic E-state index is 0.766. The second-order valence-corrected chi connectivity index (χ2v) is 5.54. The molecule has 2 rings (SSSR count). The van der Waals surface area contributed by atoms with Gasteiger partial charge in [-0.25, -0.2) is 0 Å². The van der Waals surface area contributed by atoms with Crippen LogP contribution in [0.15, 0.2) is 12.2 Å². The van der Waals surface area contributed by atoms with Crippen LogP contribution in [0.3, 0.4) is 0 Å². The van der Waals surface area contributed by atoms with Crippen molar-refractivity contribution in [2.24, 2.45) is 5.92 Å². The van der Waals surface area contributed by atoms with Gasteiger partial charge in [0.05, 0.1) is 0 Å². The lowest BCUT2D eigenvalue weighted by Crippen LogP contribution is -2.33. The Balaban J connectivity index is 1.80. The first-order valence-corrected chi connectivity index (χ1v) is 7.31. The Morgan fingerprint density at radius 3 is 2.62 bits per heavy atom. The van der Waals surface area contributed by atoms with E-state index in [1.165, 1.54) is 64.5 Å². The third kappa shape index (κ3) is 3.35. The number of likely N-dealkylation sites (tertiary alicyclic amines) is 1. The van der Waals surface area contributed by atoms with E-state index in [0.29, 0.717) is 0 Å². The molecule has 92 valence electrons. The summed E-state index contributed by atoms with van der Waals surface area (Å²) in [5, 5.41) is 0. The Morgan fingerprint density at radius 2 is 1.88 bits per heavy atom. The molecule has 0 aromatic heterocycles. The van der Waals surface area contributed by atoms with Crippen molar-refractivity contribution in [1.82, 2.24) is 4.90 Å². The summed E-state index contributed by atoms with van der Waals surface area (Å²) in [7, 11) is 0. The second kappa shape index (κ2) is 6.44. The molecule has 0 spiro atoms. The van der Waals surface area contributed by atoms with Gasteiger partial charge in [-0.2, -0.15) is 0 Å². The highest BCUT2D eigenvalue weighted by atomic mass is 15.2. The lowest BCUT2D eigenvalue weighted by molar-refractivity contribution is 0.208. The predicted molar refractivity (Wildman–Crippen MR) is 70.6 cm³/mol. The van der Waals surface area contributed by atoms with Crippen LogP contribution in [0.2, 0.25) is 0 Å². The first kappa shape index (κ1) is 12.2. The summed E-state index contributed by atoms with van der Waals surface area (Å²) in [5.41, 5.74) is 0. The van der Waals surface area contributed by atoms with Gasteiger partial charge < -0.3 is 0 Å². The fraction of sp³-hybridized carbons (Fsp3) is 0.867. The first-order chi connectivity index (χ1) is 7.90. The fourth-order valence-electron chi connectivity index (χ4n) is 3.29. The molecule has 1 heteroatoms. The summed E-state index contributed by atoms with van der Waals surface area (Å²) in [6.07, 6.45) is 16.2. The van der Waals surface area contributed by atoms with Crippen molar-refractivity contribution in [3.05, 3.63) is 12.2 Å². The SMILES string of the molecule is CC/C=C/C1CCCN1CC1CCCCC1. The van der Waals surface area contributed by atoms with Crippen molar-refractivity contribution in [3.63, 3.8) is 0 Å². The average Bonchev–Trinajstić information content (AvgIpc) is 2.75. The van der Waals surface area contributed by atoms with Crippen LogP contribution in [0, 0.1) is 5.92 Å². The molecule has 0 aromatic carbocycles. The van der Waals surface area contributed by atoms with Gasteiger partial charge in [0.25, 0.3) is 0 Å². The highest BCUT2D eigenvalue weighted by molar-refractivity contribution is 4.97. The molecule has 2 fully saturated rings. The van der Waals surface area contributed by atoms with Crippen LogP contribution >= 0.6 is 0 Å². The Kier molecular flexibility index (Phi) is 4.90. The summed E-state index contributed by atoms with van der Waals surface area (Å²) in [4.78, 5) is 2.74. The molecule has 1 unspecified atom stereocenters. The fourth-order valence-corrected chi connectivity index (χ4v) is 3.29. The van der Waals surface area contributed by atoms with Gasteiger partial charge in [-0.05, 0) is 44.6 Å². The third-order valence-electron chi connectivity index (χ3n) is 4.23. The molecular formula is C15H27N. The van der Waals surface area contributed by atoms with Gasteiger partial charge in [0.1, 0.15) is 0 Å². The molecule has 1 saturated carbocycles. The van der Waals surface area contributed by atoms with Gasteiger partial charge in [0.15, 0.2) is 0 Å². The topological polar surface area (TPSA) is 3.24 Å². The van der Waals surface area contributed by atoms with E-state index in [2.05, 4.69) is 24.0 Å². The molecule has 0 bridgehead atoms. The zero-order valence-corrected chi connectivity index (χ0v) is 10.8. The van der Waals surface area contributed by atoms with Crippen molar-refractivity contribution < 1.29 is 0 Å². The van der Waals surface area contributed by atoms with Gasteiger partial charge in [-0.15, -0.1) is 0 Å². The first-order valence-electron chi connectivity index (χ1n) is 7.31. The molecule has 0 N–H and O–H groups in total. The van der Waals surface area contributed by atoms with Gasteiger partial charge >= 0.3 is 0 Å². The lowest BCUT2D eigenvalue weighted by atomic mass is 9.89. The maximum Gasteiger partial charge on any atom is 0.0278 e. The van der Waals surface area contributed by atoms with E-state index in [9.17, 15) is 0 Å². The van der Waals surface area contributed by atoms with E-state index in [1.807, 2.05) is 0 Å². The van der Waals surface area contributed by atoms with Gasteiger partial charge in [0, 0.05) is 12.6 Å². The molecule has 0 radical (unpaired) electrons. The van der Waals surface area contributed by atoms with Crippen LogP contribution in [0.4, 0.5) is 0 Å². The molecule has 2 aliphatic rings. The molecule has 1 aliphatic heterocycles. The van der Waals surface area contributed by atoms with Crippen molar-refractivity contribution in [2.75, 3.05) is 13.1 Å². The normalized spacial score (nSPS) is 29.2. The zero-order valence-electron chi connectivity index (χ0n) is 10.8. The minimum Gasteiger partial charge on any atom is -0.297 e. The molecule has 0 aromatic rings.